The summed E-state index contributed by atoms with van der Waals surface area (Å²) in [6.45, 7) is 2.37. The lowest BCUT2D eigenvalue weighted by atomic mass is 9.98. The molecule has 1 aliphatic heterocycles. The molecule has 1 saturated carbocycles. The maximum atomic E-state index is 13.5. The van der Waals surface area contributed by atoms with Gasteiger partial charge >= 0.3 is 0 Å². The van der Waals surface area contributed by atoms with E-state index in [2.05, 4.69) is 37.5 Å². The molecule has 37 heavy (non-hydrogen) atoms. The van der Waals surface area contributed by atoms with Crippen LogP contribution in [-0.2, 0) is 0 Å². The molecule has 0 bridgehead atoms. The minimum atomic E-state index is -2.79. The summed E-state index contributed by atoms with van der Waals surface area (Å²) in [6.07, 6.45) is 3.80. The monoisotopic (exact) mass is 527 g/mol. The number of nitrogens with two attached hydrogens (primary N) is 1. The van der Waals surface area contributed by atoms with Gasteiger partial charge in [0.25, 0.3) is 12.3 Å². The van der Waals surface area contributed by atoms with Gasteiger partial charge in [-0.3, -0.25) is 14.8 Å². The standard InChI is InChI=1S/C25H27F2N7O2S/c1-14(37-23(33-28)7-6-15-4-5-15)32-25(35)18-10-30-19(21-11-29-13-34(21)2)8-16(18)17-9-20(24(26)27)31-12-22(17)36-3/h8-12,14-15,24,29H,4-5,13,28H2,1-3H3,(H,32,35)/b33-23-. The van der Waals surface area contributed by atoms with Crippen molar-refractivity contribution in [1.82, 2.24) is 25.5 Å². The Hall–Kier alpha value is -3.85. The Bertz CT molecular complexity index is 1300. The second kappa shape index (κ2) is 11.5. The average Bonchev–Trinajstić information content (AvgIpc) is 3.63. The zero-order valence-corrected chi connectivity index (χ0v) is 21.4. The molecule has 1 fully saturated rings. The van der Waals surface area contributed by atoms with Crippen LogP contribution in [0.4, 0.5) is 8.78 Å². The van der Waals surface area contributed by atoms with E-state index in [1.54, 1.807) is 19.2 Å². The molecule has 2 aromatic rings. The van der Waals surface area contributed by atoms with Crippen molar-refractivity contribution < 1.29 is 18.3 Å². The molecule has 0 saturated heterocycles. The van der Waals surface area contributed by atoms with Crippen LogP contribution < -0.4 is 21.2 Å². The molecule has 12 heteroatoms. The van der Waals surface area contributed by atoms with Crippen LogP contribution in [-0.4, -0.2) is 52.0 Å². The Morgan fingerprint density at radius 1 is 1.32 bits per heavy atom. The second-order valence-corrected chi connectivity index (χ2v) is 9.86. The molecule has 1 aliphatic carbocycles. The molecule has 0 spiro atoms. The highest BCUT2D eigenvalue weighted by atomic mass is 32.2. The van der Waals surface area contributed by atoms with E-state index >= 15 is 0 Å². The third-order valence-electron chi connectivity index (χ3n) is 5.71. The first-order valence-electron chi connectivity index (χ1n) is 11.5. The molecule has 2 aromatic heterocycles. The number of halogens is 2. The first kappa shape index (κ1) is 26.2. The highest BCUT2D eigenvalue weighted by Gasteiger charge is 2.24. The number of ether oxygens (including phenoxy) is 1. The first-order valence-corrected chi connectivity index (χ1v) is 12.4. The number of amides is 1. The van der Waals surface area contributed by atoms with Crippen molar-refractivity contribution in [3.63, 3.8) is 0 Å². The molecule has 1 atom stereocenters. The van der Waals surface area contributed by atoms with Gasteiger partial charge in [-0.25, -0.2) is 8.78 Å². The van der Waals surface area contributed by atoms with Crippen LogP contribution in [0.1, 0.15) is 47.9 Å². The fraction of sp³-hybridized carbons (Fsp3) is 0.360. The van der Waals surface area contributed by atoms with Crippen LogP contribution >= 0.6 is 11.8 Å². The molecule has 9 nitrogen and oxygen atoms in total. The average molecular weight is 528 g/mol. The van der Waals surface area contributed by atoms with E-state index in [1.807, 2.05) is 11.9 Å². The number of rotatable bonds is 7. The van der Waals surface area contributed by atoms with Crippen LogP contribution in [0.15, 0.2) is 35.8 Å². The molecule has 1 unspecified atom stereocenters. The van der Waals surface area contributed by atoms with Gasteiger partial charge in [0, 0.05) is 36.5 Å². The molecule has 194 valence electrons. The number of alkyl halides is 2. The van der Waals surface area contributed by atoms with Gasteiger partial charge in [-0.2, -0.15) is 5.10 Å². The van der Waals surface area contributed by atoms with Gasteiger partial charge in [0.05, 0.1) is 42.3 Å². The highest BCUT2D eigenvalue weighted by molar-refractivity contribution is 8.15. The summed E-state index contributed by atoms with van der Waals surface area (Å²) in [5, 5.41) is 9.69. The van der Waals surface area contributed by atoms with Gasteiger partial charge < -0.3 is 26.1 Å². The maximum absolute atomic E-state index is 13.5. The number of nitrogens with zero attached hydrogens (tertiary/aromatic N) is 4. The molecule has 1 amide bonds. The van der Waals surface area contributed by atoms with E-state index in [1.165, 1.54) is 37.3 Å². The normalized spacial score (nSPS) is 16.0. The van der Waals surface area contributed by atoms with Crippen molar-refractivity contribution in [2.45, 2.75) is 31.6 Å². The van der Waals surface area contributed by atoms with Gasteiger partial charge in [0.15, 0.2) is 5.04 Å². The fourth-order valence-electron chi connectivity index (χ4n) is 3.64. The zero-order valence-electron chi connectivity index (χ0n) is 20.6. The van der Waals surface area contributed by atoms with Crippen molar-refractivity contribution in [1.29, 1.82) is 0 Å². The van der Waals surface area contributed by atoms with Crippen molar-refractivity contribution in [3.05, 3.63) is 47.7 Å². The van der Waals surface area contributed by atoms with E-state index in [0.717, 1.165) is 18.5 Å². The number of hydrogen-bond acceptors (Lipinski definition) is 9. The fourth-order valence-corrected chi connectivity index (χ4v) is 4.32. The van der Waals surface area contributed by atoms with Gasteiger partial charge in [-0.1, -0.05) is 17.7 Å². The summed E-state index contributed by atoms with van der Waals surface area (Å²) < 4.78 is 32.5. The van der Waals surface area contributed by atoms with Gasteiger partial charge in [-0.15, -0.1) is 0 Å². The summed E-state index contributed by atoms with van der Waals surface area (Å²) in [7, 11) is 3.30. The van der Waals surface area contributed by atoms with E-state index in [4.69, 9.17) is 10.6 Å². The predicted octanol–water partition coefficient (Wildman–Crippen LogP) is 3.38. The summed E-state index contributed by atoms with van der Waals surface area (Å²) in [4.78, 5) is 23.6. The smallest absolute Gasteiger partial charge is 0.280 e. The van der Waals surface area contributed by atoms with Gasteiger partial charge in [0.2, 0.25) is 0 Å². The maximum Gasteiger partial charge on any atom is 0.280 e. The van der Waals surface area contributed by atoms with E-state index in [0.29, 0.717) is 34.5 Å². The minimum Gasteiger partial charge on any atom is -0.494 e. The van der Waals surface area contributed by atoms with Crippen LogP contribution in [0.2, 0.25) is 0 Å². The van der Waals surface area contributed by atoms with E-state index in [-0.39, 0.29) is 11.3 Å². The molecule has 0 radical (unpaired) electrons. The molecule has 2 aliphatic rings. The second-order valence-electron chi connectivity index (χ2n) is 8.53. The number of carbonyl (C=O) groups excluding carboxylic acids is 1. The van der Waals surface area contributed by atoms with Crippen LogP contribution in [0.5, 0.6) is 5.75 Å². The van der Waals surface area contributed by atoms with E-state index < -0.39 is 23.4 Å². The molecular formula is C25H27F2N7O2S. The number of methoxy groups -OCH3 is 1. The van der Waals surface area contributed by atoms with Crippen molar-refractivity contribution in [2.75, 3.05) is 20.8 Å². The minimum absolute atomic E-state index is 0.186. The number of thioether (sulfide) groups is 1. The van der Waals surface area contributed by atoms with Crippen LogP contribution in [0, 0.1) is 17.8 Å². The third-order valence-corrected chi connectivity index (χ3v) is 6.61. The van der Waals surface area contributed by atoms with Gasteiger partial charge in [0.1, 0.15) is 11.4 Å². The molecule has 4 rings (SSSR count). The summed E-state index contributed by atoms with van der Waals surface area (Å²) in [6, 6.07) is 2.91. The lowest BCUT2D eigenvalue weighted by molar-refractivity contribution is 0.0952. The Morgan fingerprint density at radius 3 is 2.73 bits per heavy atom. The first-order chi connectivity index (χ1) is 17.8. The quantitative estimate of drug-likeness (QED) is 0.125. The van der Waals surface area contributed by atoms with Crippen LogP contribution in [0.3, 0.4) is 0 Å². The number of nitrogens with one attached hydrogen (secondary N) is 2. The lowest BCUT2D eigenvalue weighted by Gasteiger charge is -2.19. The molecule has 3 heterocycles. The Morgan fingerprint density at radius 2 is 2.11 bits per heavy atom. The lowest BCUT2D eigenvalue weighted by Crippen LogP contribution is -2.31. The Balaban J connectivity index is 1.69. The number of carbonyl (C=O) groups is 1. The van der Waals surface area contributed by atoms with Gasteiger partial charge in [-0.05, 0) is 37.8 Å². The largest absolute Gasteiger partial charge is 0.494 e. The number of hydrazone groups is 1. The highest BCUT2D eigenvalue weighted by Crippen LogP contribution is 2.36. The molecule has 0 aromatic carbocycles. The summed E-state index contributed by atoms with van der Waals surface area (Å²) in [5.41, 5.74) is 1.79. The van der Waals surface area contributed by atoms with Crippen molar-refractivity contribution in [3.8, 4) is 28.7 Å². The van der Waals surface area contributed by atoms with E-state index in [9.17, 15) is 13.6 Å². The summed E-state index contributed by atoms with van der Waals surface area (Å²) >= 11 is 1.22. The van der Waals surface area contributed by atoms with Crippen molar-refractivity contribution in [2.24, 2.45) is 16.9 Å². The predicted molar refractivity (Wildman–Crippen MR) is 139 cm³/mol. The number of hydrogen-bond donors (Lipinski definition) is 3. The molecular weight excluding hydrogens is 500 g/mol. The Kier molecular flexibility index (Phi) is 8.13. The van der Waals surface area contributed by atoms with Crippen molar-refractivity contribution >= 4 is 28.4 Å². The number of pyridine rings is 2. The number of aromatic nitrogens is 2. The summed E-state index contributed by atoms with van der Waals surface area (Å²) in [5.74, 6) is 11.7. The Labute approximate surface area is 217 Å². The third kappa shape index (κ3) is 6.29. The topological polar surface area (TPSA) is 118 Å². The SMILES string of the molecule is COc1cnc(C(F)F)cc1-c1cc(C2=CNCN2C)ncc1C(=O)NC(C)S/C(C#CC1CC1)=N\N. The zero-order chi connectivity index (χ0) is 26.5. The molecule has 4 N–H and O–H groups in total. The van der Waals surface area contributed by atoms with Crippen LogP contribution in [0.25, 0.3) is 16.8 Å².